The Morgan fingerprint density at radius 1 is 1.23 bits per heavy atom. The topological polar surface area (TPSA) is 65.2 Å². The summed E-state index contributed by atoms with van der Waals surface area (Å²) in [5.41, 5.74) is 3.53. The summed E-state index contributed by atoms with van der Waals surface area (Å²) in [6.07, 6.45) is 0. The van der Waals surface area contributed by atoms with Crippen LogP contribution in [0.25, 0.3) is 11.3 Å². The Labute approximate surface area is 154 Å². The Balaban J connectivity index is 1.77. The summed E-state index contributed by atoms with van der Waals surface area (Å²) in [7, 11) is 0. The van der Waals surface area contributed by atoms with Crippen LogP contribution in [-0.2, 0) is 11.3 Å². The number of esters is 1. The van der Waals surface area contributed by atoms with Crippen LogP contribution in [0.3, 0.4) is 0 Å². The van der Waals surface area contributed by atoms with E-state index in [2.05, 4.69) is 10.1 Å². The lowest BCUT2D eigenvalue weighted by atomic mass is 10.1. The van der Waals surface area contributed by atoms with Crippen LogP contribution >= 0.6 is 11.6 Å². The van der Waals surface area contributed by atoms with Gasteiger partial charge in [-0.1, -0.05) is 16.8 Å². The van der Waals surface area contributed by atoms with Crippen LogP contribution in [0.4, 0.5) is 4.39 Å². The number of aryl methyl sites for hydroxylation is 2. The average Bonchev–Trinajstić information content (AvgIpc) is 2.93. The van der Waals surface area contributed by atoms with Crippen LogP contribution < -0.4 is 0 Å². The van der Waals surface area contributed by atoms with Crippen molar-refractivity contribution < 1.29 is 18.4 Å². The van der Waals surface area contributed by atoms with Gasteiger partial charge in [0.15, 0.2) is 5.76 Å². The number of pyridine rings is 1. The molecule has 0 bridgehead atoms. The molecular formula is C19H16ClFN2O3. The SMILES string of the molecule is Cc1cc(C)c(C(=O)OCc2noc(-c3ccc(F)cc3)c2C)c(Cl)n1. The molecule has 1 aromatic carbocycles. The maximum absolute atomic E-state index is 13.0. The first-order valence-electron chi connectivity index (χ1n) is 7.88. The van der Waals surface area contributed by atoms with E-state index in [4.69, 9.17) is 20.9 Å². The van der Waals surface area contributed by atoms with Crippen molar-refractivity contribution in [1.82, 2.24) is 10.1 Å². The summed E-state index contributed by atoms with van der Waals surface area (Å²) >= 11 is 6.06. The number of carbonyl (C=O) groups is 1. The lowest BCUT2D eigenvalue weighted by Crippen LogP contribution is -2.10. The van der Waals surface area contributed by atoms with E-state index in [1.807, 2.05) is 0 Å². The Morgan fingerprint density at radius 2 is 1.92 bits per heavy atom. The van der Waals surface area contributed by atoms with Gasteiger partial charge >= 0.3 is 5.97 Å². The lowest BCUT2D eigenvalue weighted by molar-refractivity contribution is 0.0462. The number of rotatable bonds is 4. The monoisotopic (exact) mass is 374 g/mol. The van der Waals surface area contributed by atoms with Gasteiger partial charge in [-0.15, -0.1) is 0 Å². The van der Waals surface area contributed by atoms with Crippen LogP contribution in [-0.4, -0.2) is 16.1 Å². The molecule has 2 aromatic heterocycles. The van der Waals surface area contributed by atoms with Gasteiger partial charge in [-0.25, -0.2) is 14.2 Å². The molecule has 0 N–H and O–H groups in total. The molecule has 0 amide bonds. The standard InChI is InChI=1S/C19H16ClFN2O3/c1-10-8-11(2)22-18(20)16(10)19(24)25-9-15-12(3)17(26-23-15)13-4-6-14(21)7-5-13/h4-8H,9H2,1-3H3. The normalized spacial score (nSPS) is 10.8. The predicted octanol–water partition coefficient (Wildman–Crippen LogP) is 4.81. The Bertz CT molecular complexity index is 944. The maximum Gasteiger partial charge on any atom is 0.341 e. The smallest absolute Gasteiger partial charge is 0.341 e. The third kappa shape index (κ3) is 3.60. The number of aromatic nitrogens is 2. The van der Waals surface area contributed by atoms with E-state index >= 15 is 0 Å². The van der Waals surface area contributed by atoms with E-state index in [1.165, 1.54) is 12.1 Å². The molecule has 0 aliphatic heterocycles. The first kappa shape index (κ1) is 18.1. The van der Waals surface area contributed by atoms with Crippen molar-refractivity contribution in [2.75, 3.05) is 0 Å². The first-order chi connectivity index (χ1) is 12.4. The molecule has 5 nitrogen and oxygen atoms in total. The molecule has 0 saturated carbocycles. The molecule has 0 fully saturated rings. The molecule has 0 radical (unpaired) electrons. The molecule has 0 atom stereocenters. The van der Waals surface area contributed by atoms with Crippen molar-refractivity contribution in [2.45, 2.75) is 27.4 Å². The van der Waals surface area contributed by atoms with Crippen LogP contribution in [0.5, 0.6) is 0 Å². The van der Waals surface area contributed by atoms with Crippen LogP contribution in [0, 0.1) is 26.6 Å². The first-order valence-corrected chi connectivity index (χ1v) is 8.26. The van der Waals surface area contributed by atoms with Crippen molar-refractivity contribution in [3.8, 4) is 11.3 Å². The summed E-state index contributed by atoms with van der Waals surface area (Å²) in [5, 5.41) is 4.05. The Morgan fingerprint density at radius 3 is 2.58 bits per heavy atom. The van der Waals surface area contributed by atoms with Crippen LogP contribution in [0.2, 0.25) is 5.15 Å². The summed E-state index contributed by atoms with van der Waals surface area (Å²) in [4.78, 5) is 16.4. The van der Waals surface area contributed by atoms with E-state index in [0.29, 0.717) is 28.1 Å². The lowest BCUT2D eigenvalue weighted by Gasteiger charge is -2.08. The Hall–Kier alpha value is -2.73. The zero-order valence-electron chi connectivity index (χ0n) is 14.5. The minimum atomic E-state index is -0.578. The van der Waals surface area contributed by atoms with Gasteiger partial charge in [-0.3, -0.25) is 0 Å². The quantitative estimate of drug-likeness (QED) is 0.484. The highest BCUT2D eigenvalue weighted by Gasteiger charge is 2.20. The molecule has 0 saturated heterocycles. The maximum atomic E-state index is 13.0. The van der Waals surface area contributed by atoms with E-state index in [1.54, 1.807) is 39.0 Å². The molecule has 134 valence electrons. The van der Waals surface area contributed by atoms with Crippen molar-refractivity contribution in [2.24, 2.45) is 0 Å². The second-order valence-electron chi connectivity index (χ2n) is 5.91. The van der Waals surface area contributed by atoms with Gasteiger partial charge in [0.2, 0.25) is 0 Å². The predicted molar refractivity (Wildman–Crippen MR) is 94.5 cm³/mol. The molecule has 0 unspecified atom stereocenters. The Kier molecular flexibility index (Phi) is 5.04. The van der Waals surface area contributed by atoms with Crippen molar-refractivity contribution in [1.29, 1.82) is 0 Å². The largest absolute Gasteiger partial charge is 0.455 e. The van der Waals surface area contributed by atoms with E-state index < -0.39 is 5.97 Å². The van der Waals surface area contributed by atoms with Gasteiger partial charge in [-0.2, -0.15) is 0 Å². The summed E-state index contributed by atoms with van der Waals surface area (Å²) < 4.78 is 23.7. The fourth-order valence-corrected chi connectivity index (χ4v) is 2.98. The van der Waals surface area contributed by atoms with Gasteiger partial charge in [0.1, 0.15) is 23.3 Å². The van der Waals surface area contributed by atoms with Gasteiger partial charge in [0.05, 0.1) is 5.56 Å². The van der Waals surface area contributed by atoms with E-state index in [0.717, 1.165) is 5.69 Å². The van der Waals surface area contributed by atoms with E-state index in [9.17, 15) is 9.18 Å². The zero-order valence-corrected chi connectivity index (χ0v) is 15.2. The van der Waals surface area contributed by atoms with Crippen LogP contribution in [0.1, 0.15) is 32.9 Å². The number of nitrogens with zero attached hydrogens (tertiary/aromatic N) is 2. The van der Waals surface area contributed by atoms with Crippen molar-refractivity contribution >= 4 is 17.6 Å². The molecular weight excluding hydrogens is 359 g/mol. The second-order valence-corrected chi connectivity index (χ2v) is 6.27. The minimum absolute atomic E-state index is 0.0704. The molecule has 7 heteroatoms. The van der Waals surface area contributed by atoms with Gasteiger partial charge in [0.25, 0.3) is 0 Å². The van der Waals surface area contributed by atoms with Crippen molar-refractivity contribution in [3.05, 3.63) is 69.4 Å². The highest BCUT2D eigenvalue weighted by Crippen LogP contribution is 2.27. The number of ether oxygens (including phenoxy) is 1. The second kappa shape index (κ2) is 7.25. The van der Waals surface area contributed by atoms with Crippen molar-refractivity contribution in [3.63, 3.8) is 0 Å². The molecule has 2 heterocycles. The fraction of sp³-hybridized carbons (Fsp3) is 0.211. The van der Waals surface area contributed by atoms with Crippen LogP contribution in [0.15, 0.2) is 34.9 Å². The highest BCUT2D eigenvalue weighted by molar-refractivity contribution is 6.32. The van der Waals surface area contributed by atoms with E-state index in [-0.39, 0.29) is 23.1 Å². The molecule has 0 aliphatic rings. The highest BCUT2D eigenvalue weighted by atomic mass is 35.5. The number of carbonyl (C=O) groups excluding carboxylic acids is 1. The number of hydrogen-bond acceptors (Lipinski definition) is 5. The summed E-state index contributed by atoms with van der Waals surface area (Å²) in [6.45, 7) is 5.29. The summed E-state index contributed by atoms with van der Waals surface area (Å²) in [6, 6.07) is 7.63. The van der Waals surface area contributed by atoms with Gasteiger partial charge in [-0.05, 0) is 56.7 Å². The number of hydrogen-bond donors (Lipinski definition) is 0. The number of benzene rings is 1. The molecule has 3 aromatic rings. The molecule has 0 aliphatic carbocycles. The number of halogens is 2. The third-order valence-corrected chi connectivity index (χ3v) is 4.25. The summed E-state index contributed by atoms with van der Waals surface area (Å²) in [5.74, 6) is -0.410. The fourth-order valence-electron chi connectivity index (χ4n) is 2.62. The average molecular weight is 375 g/mol. The van der Waals surface area contributed by atoms with Gasteiger partial charge < -0.3 is 9.26 Å². The minimum Gasteiger partial charge on any atom is -0.455 e. The molecule has 0 spiro atoms. The zero-order chi connectivity index (χ0) is 18.8. The molecule has 26 heavy (non-hydrogen) atoms. The molecule has 3 rings (SSSR count). The third-order valence-electron chi connectivity index (χ3n) is 3.97. The van der Waals surface area contributed by atoms with Gasteiger partial charge in [0, 0.05) is 16.8 Å².